The monoisotopic (exact) mass is 336 g/mol. The van der Waals surface area contributed by atoms with Crippen molar-refractivity contribution in [3.63, 3.8) is 0 Å². The molecule has 0 fully saturated rings. The lowest BCUT2D eigenvalue weighted by molar-refractivity contribution is 0.0370. The Bertz CT molecular complexity index is 674. The Morgan fingerprint density at radius 2 is 1.08 bits per heavy atom. The third-order valence-corrected chi connectivity index (χ3v) is 4.05. The summed E-state index contributed by atoms with van der Waals surface area (Å²) >= 11 is 0. The van der Waals surface area contributed by atoms with E-state index in [9.17, 15) is 9.59 Å². The molecule has 0 radical (unpaired) electrons. The number of ether oxygens (including phenoxy) is 2. The molecule has 0 bridgehead atoms. The van der Waals surface area contributed by atoms with E-state index in [-0.39, 0.29) is 24.1 Å². The van der Waals surface area contributed by atoms with Gasteiger partial charge in [-0.25, -0.2) is 9.59 Å². The van der Waals surface area contributed by atoms with Crippen LogP contribution in [0, 0.1) is 0 Å². The Morgan fingerprint density at radius 3 is 1.48 bits per heavy atom. The average molecular weight is 336 g/mol. The second-order valence-corrected chi connectivity index (χ2v) is 5.94. The van der Waals surface area contributed by atoms with Crippen LogP contribution in [0.3, 0.4) is 0 Å². The molecule has 0 saturated heterocycles. The summed E-state index contributed by atoms with van der Waals surface area (Å²) in [4.78, 5) is 24.3. The van der Waals surface area contributed by atoms with Gasteiger partial charge in [-0.05, 0) is 55.7 Å². The van der Waals surface area contributed by atoms with E-state index in [0.29, 0.717) is 24.0 Å². The summed E-state index contributed by atoms with van der Waals surface area (Å²) in [5.74, 6) is -0.676. The number of carbonyl (C=O) groups is 2. The molecule has 0 amide bonds. The Morgan fingerprint density at radius 1 is 0.680 bits per heavy atom. The van der Waals surface area contributed by atoms with Gasteiger partial charge in [0.15, 0.2) is 0 Å². The zero-order valence-corrected chi connectivity index (χ0v) is 13.8. The number of esters is 2. The Labute approximate surface area is 147 Å². The molecule has 0 saturated carbocycles. The Hall–Kier alpha value is -2.88. The summed E-state index contributed by atoms with van der Waals surface area (Å²) in [6.07, 6.45) is 5.28. The highest BCUT2D eigenvalue weighted by Crippen LogP contribution is 2.19. The minimum atomic E-state index is -0.338. The van der Waals surface area contributed by atoms with E-state index < -0.39 is 0 Å². The predicted molar refractivity (Wildman–Crippen MR) is 94.3 cm³/mol. The van der Waals surface area contributed by atoms with Crippen LogP contribution in [0.25, 0.3) is 0 Å². The fraction of sp³-hybridized carbons (Fsp3) is 0.238. The molecule has 0 heterocycles. The van der Waals surface area contributed by atoms with Gasteiger partial charge in [0.1, 0.15) is 12.2 Å². The van der Waals surface area contributed by atoms with E-state index in [2.05, 4.69) is 0 Å². The number of rotatable bonds is 4. The molecule has 1 aliphatic rings. The third kappa shape index (κ3) is 4.80. The van der Waals surface area contributed by atoms with Gasteiger partial charge >= 0.3 is 11.9 Å². The molecule has 3 rings (SSSR count). The van der Waals surface area contributed by atoms with Crippen molar-refractivity contribution < 1.29 is 19.1 Å². The van der Waals surface area contributed by atoms with Crippen LogP contribution in [-0.2, 0) is 9.47 Å². The van der Waals surface area contributed by atoms with Crippen molar-refractivity contribution in [2.45, 2.75) is 31.5 Å². The molecule has 2 aromatic carbocycles. The standard InChI is InChI=1S/C21H20O4/c22-20(16-8-3-1-4-9-16)24-18-12-7-13-19(15-14-18)25-21(23)17-10-5-2-6-11-17/h1-6,8-11,14-15,18-19H,7,12-13H2. The highest BCUT2D eigenvalue weighted by Gasteiger charge is 2.20. The second-order valence-electron chi connectivity index (χ2n) is 5.94. The van der Waals surface area contributed by atoms with Crippen LogP contribution in [-0.4, -0.2) is 24.1 Å². The quantitative estimate of drug-likeness (QED) is 0.621. The molecule has 1 aliphatic carbocycles. The first kappa shape index (κ1) is 17.0. The van der Waals surface area contributed by atoms with Crippen molar-refractivity contribution in [3.8, 4) is 0 Å². The van der Waals surface area contributed by atoms with Crippen molar-refractivity contribution in [1.82, 2.24) is 0 Å². The minimum absolute atomic E-state index is 0.298. The molecular weight excluding hydrogens is 316 g/mol. The predicted octanol–water partition coefficient (Wildman–Crippen LogP) is 4.18. The van der Waals surface area contributed by atoms with Crippen molar-refractivity contribution >= 4 is 11.9 Å². The number of benzene rings is 2. The van der Waals surface area contributed by atoms with Gasteiger partial charge in [-0.2, -0.15) is 0 Å². The molecule has 128 valence electrons. The molecule has 25 heavy (non-hydrogen) atoms. The van der Waals surface area contributed by atoms with Gasteiger partial charge in [0.2, 0.25) is 0 Å². The fourth-order valence-electron chi connectivity index (χ4n) is 2.72. The number of hydrogen-bond donors (Lipinski definition) is 0. The SMILES string of the molecule is O=C(OC1C=CC(OC(=O)c2ccccc2)CCC1)c1ccccc1. The lowest BCUT2D eigenvalue weighted by Gasteiger charge is -2.12. The Kier molecular flexibility index (Phi) is 5.62. The molecule has 2 atom stereocenters. The van der Waals surface area contributed by atoms with Gasteiger partial charge in [0, 0.05) is 0 Å². The van der Waals surface area contributed by atoms with Crippen LogP contribution < -0.4 is 0 Å². The summed E-state index contributed by atoms with van der Waals surface area (Å²) in [5, 5.41) is 0. The summed E-state index contributed by atoms with van der Waals surface area (Å²) in [6.45, 7) is 0. The lowest BCUT2D eigenvalue weighted by Crippen LogP contribution is -2.16. The molecule has 4 nitrogen and oxygen atoms in total. The first-order valence-electron chi connectivity index (χ1n) is 8.43. The van der Waals surface area contributed by atoms with Crippen LogP contribution in [0.5, 0.6) is 0 Å². The summed E-state index contributed by atoms with van der Waals surface area (Å²) in [7, 11) is 0. The molecule has 0 aromatic heterocycles. The zero-order chi connectivity index (χ0) is 17.5. The maximum atomic E-state index is 12.1. The van der Waals surface area contributed by atoms with Gasteiger partial charge < -0.3 is 9.47 Å². The van der Waals surface area contributed by atoms with Crippen LogP contribution in [0.2, 0.25) is 0 Å². The van der Waals surface area contributed by atoms with Gasteiger partial charge in [-0.1, -0.05) is 36.4 Å². The smallest absolute Gasteiger partial charge is 0.338 e. The maximum absolute atomic E-state index is 12.1. The van der Waals surface area contributed by atoms with Gasteiger partial charge in [-0.15, -0.1) is 0 Å². The van der Waals surface area contributed by atoms with Crippen molar-refractivity contribution in [3.05, 3.63) is 83.9 Å². The summed E-state index contributed by atoms with van der Waals surface area (Å²) in [6, 6.07) is 17.8. The molecule has 4 heteroatoms. The summed E-state index contributed by atoms with van der Waals surface area (Å²) < 4.78 is 11.1. The first-order chi connectivity index (χ1) is 12.2. The average Bonchev–Trinajstić information content (AvgIpc) is 2.88. The highest BCUT2D eigenvalue weighted by atomic mass is 16.5. The normalized spacial score (nSPS) is 19.7. The van der Waals surface area contributed by atoms with E-state index in [0.717, 1.165) is 6.42 Å². The van der Waals surface area contributed by atoms with E-state index >= 15 is 0 Å². The van der Waals surface area contributed by atoms with E-state index in [1.807, 2.05) is 24.3 Å². The Balaban J connectivity index is 1.57. The van der Waals surface area contributed by atoms with E-state index in [1.54, 1.807) is 48.5 Å². The van der Waals surface area contributed by atoms with Gasteiger partial charge in [0.25, 0.3) is 0 Å². The maximum Gasteiger partial charge on any atom is 0.338 e. The largest absolute Gasteiger partial charge is 0.455 e. The minimum Gasteiger partial charge on any atom is -0.455 e. The topological polar surface area (TPSA) is 52.6 Å². The first-order valence-corrected chi connectivity index (χ1v) is 8.43. The van der Waals surface area contributed by atoms with Crippen LogP contribution >= 0.6 is 0 Å². The van der Waals surface area contributed by atoms with Crippen LogP contribution in [0.1, 0.15) is 40.0 Å². The van der Waals surface area contributed by atoms with Crippen molar-refractivity contribution in [2.24, 2.45) is 0 Å². The third-order valence-electron chi connectivity index (χ3n) is 4.05. The van der Waals surface area contributed by atoms with Crippen LogP contribution in [0.4, 0.5) is 0 Å². The number of carbonyl (C=O) groups excluding carboxylic acids is 2. The molecule has 0 N–H and O–H groups in total. The van der Waals surface area contributed by atoms with Crippen molar-refractivity contribution in [2.75, 3.05) is 0 Å². The summed E-state index contributed by atoms with van der Waals surface area (Å²) in [5.41, 5.74) is 1.07. The lowest BCUT2D eigenvalue weighted by atomic mass is 10.1. The van der Waals surface area contributed by atoms with E-state index in [4.69, 9.17) is 9.47 Å². The zero-order valence-electron chi connectivity index (χ0n) is 13.8. The molecular formula is C21H20O4. The molecule has 0 aliphatic heterocycles. The van der Waals surface area contributed by atoms with Crippen LogP contribution in [0.15, 0.2) is 72.8 Å². The van der Waals surface area contributed by atoms with Crippen molar-refractivity contribution in [1.29, 1.82) is 0 Å². The molecule has 2 unspecified atom stereocenters. The molecule has 0 spiro atoms. The van der Waals surface area contributed by atoms with Gasteiger partial charge in [-0.3, -0.25) is 0 Å². The fourth-order valence-corrected chi connectivity index (χ4v) is 2.72. The second kappa shape index (κ2) is 8.29. The number of hydrogen-bond acceptors (Lipinski definition) is 4. The van der Waals surface area contributed by atoms with E-state index in [1.165, 1.54) is 0 Å². The molecule has 2 aromatic rings. The van der Waals surface area contributed by atoms with Gasteiger partial charge in [0.05, 0.1) is 11.1 Å². The highest BCUT2D eigenvalue weighted by molar-refractivity contribution is 5.90.